The Morgan fingerprint density at radius 3 is 2.53 bits per heavy atom. The summed E-state index contributed by atoms with van der Waals surface area (Å²) < 4.78 is 16.9. The van der Waals surface area contributed by atoms with Crippen LogP contribution in [0, 0.1) is 5.82 Å². The van der Waals surface area contributed by atoms with Crippen molar-refractivity contribution < 1.29 is 14.0 Å². The first-order valence-corrected chi connectivity index (χ1v) is 10.1. The van der Waals surface area contributed by atoms with E-state index >= 15 is 0 Å². The highest BCUT2D eigenvalue weighted by Gasteiger charge is 2.17. The van der Waals surface area contributed by atoms with Crippen LogP contribution >= 0.6 is 0 Å². The normalized spacial score (nSPS) is 10.7. The molecule has 0 aliphatic rings. The lowest BCUT2D eigenvalue weighted by Crippen LogP contribution is -2.13. The van der Waals surface area contributed by atoms with Gasteiger partial charge < -0.3 is 10.6 Å². The Morgan fingerprint density at radius 2 is 1.78 bits per heavy atom. The van der Waals surface area contributed by atoms with Crippen molar-refractivity contribution in [1.29, 1.82) is 0 Å². The second-order valence-corrected chi connectivity index (χ2v) is 7.04. The fourth-order valence-corrected chi connectivity index (χ4v) is 3.09. The summed E-state index contributed by atoms with van der Waals surface area (Å²) in [6.07, 6.45) is 3.38. The van der Waals surface area contributed by atoms with Crippen molar-refractivity contribution in [2.45, 2.75) is 19.9 Å². The van der Waals surface area contributed by atoms with E-state index in [-0.39, 0.29) is 24.0 Å². The minimum Gasteiger partial charge on any atom is -0.318 e. The molecule has 2 aromatic heterocycles. The van der Waals surface area contributed by atoms with Crippen molar-refractivity contribution in [2.75, 3.05) is 10.6 Å². The topological polar surface area (TPSA) is 93.8 Å². The van der Waals surface area contributed by atoms with Crippen LogP contribution in [0.5, 0.6) is 0 Å². The van der Waals surface area contributed by atoms with Gasteiger partial charge in [0.15, 0.2) is 5.69 Å². The molecule has 0 saturated carbocycles. The molecule has 32 heavy (non-hydrogen) atoms. The molecule has 0 bridgehead atoms. The number of hydrogen-bond acceptors (Lipinski definition) is 4. The van der Waals surface area contributed by atoms with Crippen LogP contribution in [-0.4, -0.2) is 31.4 Å². The molecule has 0 unspecified atom stereocenters. The molecule has 8 nitrogen and oxygen atoms in total. The minimum atomic E-state index is -0.461. The number of aromatic nitrogens is 4. The Kier molecular flexibility index (Phi) is 6.07. The number of carbonyl (C=O) groups is 2. The third-order valence-corrected chi connectivity index (χ3v) is 4.71. The summed E-state index contributed by atoms with van der Waals surface area (Å²) in [4.78, 5) is 24.7. The standard InChI is InChI=1S/C23H21FN6O2/c1-2-22(31)27-21-12-20(28-30(21)18-9-4-3-5-10-18)23(32)26-17-13-25-29(15-17)14-16-8-6-7-11-19(16)24/h3-13,15H,2,14H2,1H3,(H,26,32)(H,27,31). The first-order valence-electron chi connectivity index (χ1n) is 10.1. The van der Waals surface area contributed by atoms with Gasteiger partial charge in [-0.05, 0) is 18.2 Å². The first-order chi connectivity index (χ1) is 15.5. The van der Waals surface area contributed by atoms with E-state index in [4.69, 9.17) is 0 Å². The van der Waals surface area contributed by atoms with E-state index < -0.39 is 5.91 Å². The predicted octanol–water partition coefficient (Wildman–Crippen LogP) is 3.86. The van der Waals surface area contributed by atoms with Crippen molar-refractivity contribution in [3.8, 4) is 5.69 Å². The van der Waals surface area contributed by atoms with Crippen molar-refractivity contribution >= 4 is 23.3 Å². The van der Waals surface area contributed by atoms with Gasteiger partial charge in [-0.3, -0.25) is 14.3 Å². The molecule has 2 N–H and O–H groups in total. The van der Waals surface area contributed by atoms with E-state index in [2.05, 4.69) is 20.8 Å². The maximum Gasteiger partial charge on any atom is 0.276 e. The average Bonchev–Trinajstić information content (AvgIpc) is 3.43. The zero-order chi connectivity index (χ0) is 22.5. The maximum absolute atomic E-state index is 13.9. The van der Waals surface area contributed by atoms with Gasteiger partial charge in [0, 0.05) is 24.2 Å². The van der Waals surface area contributed by atoms with E-state index in [1.165, 1.54) is 27.7 Å². The highest BCUT2D eigenvalue weighted by atomic mass is 19.1. The molecule has 0 spiro atoms. The third-order valence-electron chi connectivity index (χ3n) is 4.71. The number of anilines is 2. The summed E-state index contributed by atoms with van der Waals surface area (Å²) in [5.41, 5.74) is 1.77. The highest BCUT2D eigenvalue weighted by Crippen LogP contribution is 2.19. The Labute approximate surface area is 183 Å². The van der Waals surface area contributed by atoms with Crippen LogP contribution < -0.4 is 10.6 Å². The van der Waals surface area contributed by atoms with Crippen LogP contribution in [-0.2, 0) is 11.3 Å². The number of carbonyl (C=O) groups excluding carboxylic acids is 2. The third kappa shape index (κ3) is 4.72. The molecule has 2 heterocycles. The van der Waals surface area contributed by atoms with Gasteiger partial charge in [-0.1, -0.05) is 43.3 Å². The zero-order valence-corrected chi connectivity index (χ0v) is 17.3. The zero-order valence-electron chi connectivity index (χ0n) is 17.3. The molecular formula is C23H21FN6O2. The van der Waals surface area contributed by atoms with E-state index in [0.717, 1.165) is 0 Å². The van der Waals surface area contributed by atoms with E-state index in [0.29, 0.717) is 29.2 Å². The van der Waals surface area contributed by atoms with Gasteiger partial charge in [0.05, 0.1) is 24.1 Å². The summed E-state index contributed by atoms with van der Waals surface area (Å²) in [7, 11) is 0. The molecule has 0 saturated heterocycles. The molecule has 0 fully saturated rings. The SMILES string of the molecule is CCC(=O)Nc1cc(C(=O)Nc2cnn(Cc3ccccc3F)c2)nn1-c1ccccc1. The lowest BCUT2D eigenvalue weighted by Gasteiger charge is -2.07. The van der Waals surface area contributed by atoms with E-state index in [1.807, 2.05) is 30.3 Å². The Balaban J connectivity index is 1.53. The average molecular weight is 432 g/mol. The predicted molar refractivity (Wildman–Crippen MR) is 118 cm³/mol. The van der Waals surface area contributed by atoms with Crippen molar-refractivity contribution in [2.24, 2.45) is 0 Å². The molecule has 2 aromatic carbocycles. The molecule has 0 aliphatic carbocycles. The largest absolute Gasteiger partial charge is 0.318 e. The van der Waals surface area contributed by atoms with Gasteiger partial charge in [-0.25, -0.2) is 9.07 Å². The number of nitrogens with zero attached hydrogens (tertiary/aromatic N) is 4. The number of hydrogen-bond donors (Lipinski definition) is 2. The quantitative estimate of drug-likeness (QED) is 0.464. The van der Waals surface area contributed by atoms with Gasteiger partial charge in [-0.2, -0.15) is 10.2 Å². The van der Waals surface area contributed by atoms with E-state index in [9.17, 15) is 14.0 Å². The van der Waals surface area contributed by atoms with Crippen LogP contribution in [0.4, 0.5) is 15.9 Å². The fourth-order valence-electron chi connectivity index (χ4n) is 3.09. The second kappa shape index (κ2) is 9.25. The summed E-state index contributed by atoms with van der Waals surface area (Å²) in [6, 6.07) is 17.1. The van der Waals surface area contributed by atoms with Gasteiger partial charge in [0.25, 0.3) is 5.91 Å². The monoisotopic (exact) mass is 432 g/mol. The van der Waals surface area contributed by atoms with Crippen LogP contribution in [0.25, 0.3) is 5.69 Å². The number of para-hydroxylation sites is 1. The Hall–Kier alpha value is -4.27. The number of halogens is 1. The Bertz CT molecular complexity index is 1250. The van der Waals surface area contributed by atoms with Gasteiger partial charge >= 0.3 is 0 Å². The van der Waals surface area contributed by atoms with Gasteiger partial charge in [-0.15, -0.1) is 0 Å². The molecule has 0 aliphatic heterocycles. The van der Waals surface area contributed by atoms with Gasteiger partial charge in [0.2, 0.25) is 5.91 Å². The molecule has 4 aromatic rings. The minimum absolute atomic E-state index is 0.127. The maximum atomic E-state index is 13.9. The molecule has 4 rings (SSSR count). The van der Waals surface area contributed by atoms with Gasteiger partial charge in [0.1, 0.15) is 11.6 Å². The summed E-state index contributed by atoms with van der Waals surface area (Å²) in [5.74, 6) is -0.578. The number of nitrogens with one attached hydrogen (secondary N) is 2. The number of rotatable bonds is 7. The number of amides is 2. The highest BCUT2D eigenvalue weighted by molar-refractivity contribution is 6.03. The molecule has 0 radical (unpaired) electrons. The lowest BCUT2D eigenvalue weighted by atomic mass is 10.2. The van der Waals surface area contributed by atoms with Crippen molar-refractivity contribution in [3.05, 3.63) is 90.1 Å². The van der Waals surface area contributed by atoms with Crippen molar-refractivity contribution in [1.82, 2.24) is 19.6 Å². The molecular weight excluding hydrogens is 411 g/mol. The lowest BCUT2D eigenvalue weighted by molar-refractivity contribution is -0.115. The Morgan fingerprint density at radius 1 is 1.03 bits per heavy atom. The van der Waals surface area contributed by atoms with Crippen molar-refractivity contribution in [3.63, 3.8) is 0 Å². The van der Waals surface area contributed by atoms with Crippen LogP contribution in [0.2, 0.25) is 0 Å². The smallest absolute Gasteiger partial charge is 0.276 e. The number of benzene rings is 2. The summed E-state index contributed by atoms with van der Waals surface area (Å²) in [5, 5.41) is 14.0. The first kappa shape index (κ1) is 21.0. The van der Waals surface area contributed by atoms with Crippen LogP contribution in [0.3, 0.4) is 0 Å². The van der Waals surface area contributed by atoms with E-state index in [1.54, 1.807) is 31.3 Å². The molecule has 0 atom stereocenters. The summed E-state index contributed by atoms with van der Waals surface area (Å²) in [6.45, 7) is 1.98. The molecule has 2 amide bonds. The molecule has 162 valence electrons. The van der Waals surface area contributed by atoms with Crippen LogP contribution in [0.1, 0.15) is 29.4 Å². The summed E-state index contributed by atoms with van der Waals surface area (Å²) >= 11 is 0. The second-order valence-electron chi connectivity index (χ2n) is 7.04. The fraction of sp³-hybridized carbons (Fsp3) is 0.130. The van der Waals surface area contributed by atoms with Crippen LogP contribution in [0.15, 0.2) is 73.1 Å². The molecule has 9 heteroatoms.